The monoisotopic (exact) mass is 254 g/mol. The molecule has 2 heteroatoms. The fourth-order valence-electron chi connectivity index (χ4n) is 3.07. The summed E-state index contributed by atoms with van der Waals surface area (Å²) >= 11 is 0. The first-order valence-electron chi connectivity index (χ1n) is 8.12. The molecule has 0 spiro atoms. The first kappa shape index (κ1) is 16.0. The van der Waals surface area contributed by atoms with E-state index in [1.165, 1.54) is 58.3 Å². The van der Waals surface area contributed by atoms with E-state index in [1.54, 1.807) is 0 Å². The van der Waals surface area contributed by atoms with E-state index in [0.717, 1.165) is 17.9 Å². The minimum Gasteiger partial charge on any atom is -0.314 e. The highest BCUT2D eigenvalue weighted by Crippen LogP contribution is 2.19. The zero-order valence-electron chi connectivity index (χ0n) is 13.0. The number of unbranched alkanes of at least 4 members (excludes halogenated alkanes) is 1. The lowest BCUT2D eigenvalue weighted by atomic mass is 9.95. The second kappa shape index (κ2) is 8.92. The van der Waals surface area contributed by atoms with Crippen molar-refractivity contribution in [1.29, 1.82) is 0 Å². The van der Waals surface area contributed by atoms with Crippen molar-refractivity contribution < 1.29 is 0 Å². The number of nitrogens with zero attached hydrogens (tertiary/aromatic N) is 1. The van der Waals surface area contributed by atoms with Crippen LogP contribution in [0.3, 0.4) is 0 Å². The molecule has 1 aliphatic rings. The molecule has 2 unspecified atom stereocenters. The van der Waals surface area contributed by atoms with Gasteiger partial charge in [-0.3, -0.25) is 4.90 Å². The van der Waals surface area contributed by atoms with Gasteiger partial charge in [0.2, 0.25) is 0 Å². The molecule has 1 N–H and O–H groups in total. The van der Waals surface area contributed by atoms with Crippen LogP contribution in [0.25, 0.3) is 0 Å². The van der Waals surface area contributed by atoms with Crippen LogP contribution in [0.1, 0.15) is 59.8 Å². The molecule has 2 nitrogen and oxygen atoms in total. The summed E-state index contributed by atoms with van der Waals surface area (Å²) < 4.78 is 0. The zero-order chi connectivity index (χ0) is 13.4. The van der Waals surface area contributed by atoms with E-state index in [2.05, 4.69) is 37.9 Å². The Balaban J connectivity index is 2.43. The highest BCUT2D eigenvalue weighted by atomic mass is 15.2. The van der Waals surface area contributed by atoms with Crippen LogP contribution in [0.5, 0.6) is 0 Å². The van der Waals surface area contributed by atoms with Gasteiger partial charge in [-0.05, 0) is 24.7 Å². The molecule has 0 bridgehead atoms. The molecule has 0 aromatic heterocycles. The van der Waals surface area contributed by atoms with Crippen molar-refractivity contribution in [2.45, 2.75) is 65.8 Å². The first-order chi connectivity index (χ1) is 8.67. The Bertz CT molecular complexity index is 203. The lowest BCUT2D eigenvalue weighted by molar-refractivity contribution is 0.116. The molecule has 2 atom stereocenters. The van der Waals surface area contributed by atoms with E-state index in [-0.39, 0.29) is 0 Å². The summed E-state index contributed by atoms with van der Waals surface area (Å²) in [7, 11) is 0. The van der Waals surface area contributed by atoms with E-state index in [4.69, 9.17) is 0 Å². The summed E-state index contributed by atoms with van der Waals surface area (Å²) in [4.78, 5) is 2.76. The third-order valence-corrected chi connectivity index (χ3v) is 4.25. The van der Waals surface area contributed by atoms with Crippen molar-refractivity contribution in [2.24, 2.45) is 11.8 Å². The van der Waals surface area contributed by atoms with Gasteiger partial charge in [0, 0.05) is 32.2 Å². The summed E-state index contributed by atoms with van der Waals surface area (Å²) in [5.74, 6) is 1.73. The minimum atomic E-state index is 0.773. The van der Waals surface area contributed by atoms with Gasteiger partial charge >= 0.3 is 0 Å². The molecule has 0 saturated carbocycles. The van der Waals surface area contributed by atoms with Crippen LogP contribution >= 0.6 is 0 Å². The van der Waals surface area contributed by atoms with Crippen LogP contribution in [0, 0.1) is 11.8 Å². The largest absolute Gasteiger partial charge is 0.314 e. The topological polar surface area (TPSA) is 15.3 Å². The smallest absolute Gasteiger partial charge is 0.0223 e. The SMILES string of the molecule is CCCCC(CC)CN1CCNCC1CC(C)C. The Morgan fingerprint density at radius 2 is 2.06 bits per heavy atom. The van der Waals surface area contributed by atoms with Crippen molar-refractivity contribution in [2.75, 3.05) is 26.2 Å². The third-order valence-electron chi connectivity index (χ3n) is 4.25. The second-order valence-corrected chi connectivity index (χ2v) is 6.40. The average molecular weight is 254 g/mol. The molecule has 18 heavy (non-hydrogen) atoms. The third kappa shape index (κ3) is 5.71. The maximum absolute atomic E-state index is 3.56. The van der Waals surface area contributed by atoms with E-state index in [0.29, 0.717) is 0 Å². The van der Waals surface area contributed by atoms with Crippen molar-refractivity contribution in [3.05, 3.63) is 0 Å². The summed E-state index contributed by atoms with van der Waals surface area (Å²) in [5, 5.41) is 3.56. The Hall–Kier alpha value is -0.0800. The molecular weight excluding hydrogens is 220 g/mol. The van der Waals surface area contributed by atoms with Gasteiger partial charge in [-0.15, -0.1) is 0 Å². The van der Waals surface area contributed by atoms with Gasteiger partial charge in [0.25, 0.3) is 0 Å². The second-order valence-electron chi connectivity index (χ2n) is 6.40. The van der Waals surface area contributed by atoms with Crippen molar-refractivity contribution >= 4 is 0 Å². The number of nitrogens with one attached hydrogen (secondary N) is 1. The molecule has 1 aliphatic heterocycles. The van der Waals surface area contributed by atoms with E-state index >= 15 is 0 Å². The van der Waals surface area contributed by atoms with E-state index in [1.807, 2.05) is 0 Å². The Morgan fingerprint density at radius 3 is 2.67 bits per heavy atom. The maximum atomic E-state index is 3.56. The zero-order valence-corrected chi connectivity index (χ0v) is 13.0. The highest BCUT2D eigenvalue weighted by Gasteiger charge is 2.24. The number of hydrogen-bond donors (Lipinski definition) is 1. The molecule has 0 aromatic carbocycles. The maximum Gasteiger partial charge on any atom is 0.0223 e. The minimum absolute atomic E-state index is 0.773. The van der Waals surface area contributed by atoms with Gasteiger partial charge in [-0.25, -0.2) is 0 Å². The lowest BCUT2D eigenvalue weighted by Gasteiger charge is -2.39. The summed E-state index contributed by atoms with van der Waals surface area (Å²) in [6.07, 6.45) is 6.85. The molecule has 0 aliphatic carbocycles. The van der Waals surface area contributed by atoms with Gasteiger partial charge in [-0.1, -0.05) is 47.0 Å². The average Bonchev–Trinajstić information content (AvgIpc) is 2.35. The van der Waals surface area contributed by atoms with Crippen LogP contribution < -0.4 is 5.32 Å². The molecular formula is C16H34N2. The van der Waals surface area contributed by atoms with Crippen molar-refractivity contribution in [1.82, 2.24) is 10.2 Å². The van der Waals surface area contributed by atoms with Crippen LogP contribution in [0.15, 0.2) is 0 Å². The highest BCUT2D eigenvalue weighted by molar-refractivity contribution is 4.82. The first-order valence-corrected chi connectivity index (χ1v) is 8.12. The quantitative estimate of drug-likeness (QED) is 0.713. The van der Waals surface area contributed by atoms with Crippen LogP contribution in [-0.2, 0) is 0 Å². The molecule has 1 rings (SSSR count). The standard InChI is InChI=1S/C16H34N2/c1-5-7-8-15(6-2)13-18-10-9-17-12-16(18)11-14(3)4/h14-17H,5-13H2,1-4H3. The van der Waals surface area contributed by atoms with Gasteiger partial charge in [0.1, 0.15) is 0 Å². The summed E-state index contributed by atoms with van der Waals surface area (Å²) in [6.45, 7) is 14.3. The molecule has 0 radical (unpaired) electrons. The molecule has 1 heterocycles. The molecule has 0 amide bonds. The lowest BCUT2D eigenvalue weighted by Crippen LogP contribution is -2.52. The fourth-order valence-corrected chi connectivity index (χ4v) is 3.07. The summed E-state index contributed by atoms with van der Waals surface area (Å²) in [6, 6.07) is 0.773. The molecule has 0 aromatic rings. The van der Waals surface area contributed by atoms with Crippen LogP contribution in [0.2, 0.25) is 0 Å². The Labute approximate surface area is 115 Å². The normalized spacial score (nSPS) is 23.5. The number of hydrogen-bond acceptors (Lipinski definition) is 2. The van der Waals surface area contributed by atoms with Gasteiger partial charge in [-0.2, -0.15) is 0 Å². The predicted octanol–water partition coefficient (Wildman–Crippen LogP) is 3.52. The number of piperazine rings is 1. The van der Waals surface area contributed by atoms with Gasteiger partial charge in [0.05, 0.1) is 0 Å². The fraction of sp³-hybridized carbons (Fsp3) is 1.00. The molecule has 1 fully saturated rings. The van der Waals surface area contributed by atoms with Crippen molar-refractivity contribution in [3.63, 3.8) is 0 Å². The van der Waals surface area contributed by atoms with Gasteiger partial charge in [0.15, 0.2) is 0 Å². The van der Waals surface area contributed by atoms with Crippen LogP contribution in [-0.4, -0.2) is 37.1 Å². The van der Waals surface area contributed by atoms with E-state index in [9.17, 15) is 0 Å². The van der Waals surface area contributed by atoms with Crippen LogP contribution in [0.4, 0.5) is 0 Å². The molecule has 108 valence electrons. The summed E-state index contributed by atoms with van der Waals surface area (Å²) in [5.41, 5.74) is 0. The van der Waals surface area contributed by atoms with E-state index < -0.39 is 0 Å². The molecule has 1 saturated heterocycles. The Kier molecular flexibility index (Phi) is 7.92. The Morgan fingerprint density at radius 1 is 1.28 bits per heavy atom. The number of rotatable bonds is 8. The predicted molar refractivity (Wildman–Crippen MR) is 81.0 cm³/mol. The van der Waals surface area contributed by atoms with Gasteiger partial charge < -0.3 is 5.32 Å². The van der Waals surface area contributed by atoms with Crippen molar-refractivity contribution in [3.8, 4) is 0 Å².